The lowest BCUT2D eigenvalue weighted by Gasteiger charge is -2.10. The predicted molar refractivity (Wildman–Crippen MR) is 101 cm³/mol. The fourth-order valence-corrected chi connectivity index (χ4v) is 2.80. The van der Waals surface area contributed by atoms with Gasteiger partial charge in [0, 0.05) is 17.1 Å². The first kappa shape index (κ1) is 19.5. The van der Waals surface area contributed by atoms with Gasteiger partial charge in [-0.15, -0.1) is 0 Å². The van der Waals surface area contributed by atoms with Crippen molar-refractivity contribution in [3.8, 4) is 5.69 Å². The van der Waals surface area contributed by atoms with Gasteiger partial charge in [-0.3, -0.25) is 0 Å². The molecule has 1 aromatic heterocycles. The summed E-state index contributed by atoms with van der Waals surface area (Å²) >= 11 is 0. The van der Waals surface area contributed by atoms with E-state index >= 15 is 0 Å². The first-order valence-electron chi connectivity index (χ1n) is 8.70. The molecule has 0 aliphatic carbocycles. The van der Waals surface area contributed by atoms with E-state index in [1.54, 1.807) is 19.9 Å². The number of rotatable bonds is 6. The molecule has 0 spiro atoms. The minimum atomic E-state index is -0.675. The summed E-state index contributed by atoms with van der Waals surface area (Å²) < 4.78 is 12.1. The number of hydrogen-bond acceptors (Lipinski definition) is 4. The van der Waals surface area contributed by atoms with Gasteiger partial charge in [0.05, 0.1) is 13.2 Å². The SMILES string of the molecule is CCOC(=O)C(=Cc1cc(C)n(-c2ccc(C)cc2)c1C)C(=O)OCC. The second-order valence-electron chi connectivity index (χ2n) is 6.00. The molecule has 138 valence electrons. The van der Waals surface area contributed by atoms with Crippen molar-refractivity contribution in [1.82, 2.24) is 4.57 Å². The second-order valence-corrected chi connectivity index (χ2v) is 6.00. The van der Waals surface area contributed by atoms with E-state index in [4.69, 9.17) is 9.47 Å². The zero-order chi connectivity index (χ0) is 19.3. The molecule has 1 aromatic carbocycles. The lowest BCUT2D eigenvalue weighted by atomic mass is 10.1. The highest BCUT2D eigenvalue weighted by atomic mass is 16.6. The molecule has 0 fully saturated rings. The molecular formula is C21H25NO4. The normalized spacial score (nSPS) is 10.3. The summed E-state index contributed by atoms with van der Waals surface area (Å²) in [4.78, 5) is 24.4. The lowest BCUT2D eigenvalue weighted by Crippen LogP contribution is -2.18. The van der Waals surface area contributed by atoms with Gasteiger partial charge in [0.15, 0.2) is 0 Å². The van der Waals surface area contributed by atoms with Crippen molar-refractivity contribution in [2.45, 2.75) is 34.6 Å². The Labute approximate surface area is 154 Å². The van der Waals surface area contributed by atoms with Crippen molar-refractivity contribution in [3.63, 3.8) is 0 Å². The summed E-state index contributed by atoms with van der Waals surface area (Å²) in [6, 6.07) is 10.1. The van der Waals surface area contributed by atoms with Crippen LogP contribution in [0, 0.1) is 20.8 Å². The largest absolute Gasteiger partial charge is 0.462 e. The van der Waals surface area contributed by atoms with Crippen LogP contribution in [0.4, 0.5) is 0 Å². The third-order valence-corrected chi connectivity index (χ3v) is 4.05. The van der Waals surface area contributed by atoms with Gasteiger partial charge < -0.3 is 14.0 Å². The van der Waals surface area contributed by atoms with Crippen LogP contribution in [0.1, 0.15) is 36.4 Å². The Balaban J connectivity index is 2.50. The van der Waals surface area contributed by atoms with Gasteiger partial charge in [-0.2, -0.15) is 0 Å². The van der Waals surface area contributed by atoms with Crippen LogP contribution < -0.4 is 0 Å². The smallest absolute Gasteiger partial charge is 0.345 e. The highest BCUT2D eigenvalue weighted by molar-refractivity contribution is 6.17. The number of ether oxygens (including phenoxy) is 2. The minimum Gasteiger partial charge on any atom is -0.462 e. The highest BCUT2D eigenvalue weighted by Crippen LogP contribution is 2.23. The predicted octanol–water partition coefficient (Wildman–Crippen LogP) is 3.91. The molecule has 2 rings (SSSR count). The van der Waals surface area contributed by atoms with E-state index in [2.05, 4.69) is 4.57 Å². The number of aryl methyl sites for hydroxylation is 2. The monoisotopic (exact) mass is 355 g/mol. The Kier molecular flexibility index (Phi) is 6.39. The molecule has 0 N–H and O–H groups in total. The molecule has 5 nitrogen and oxygen atoms in total. The number of hydrogen-bond donors (Lipinski definition) is 0. The number of esters is 2. The summed E-state index contributed by atoms with van der Waals surface area (Å²) in [5, 5.41) is 0. The van der Waals surface area contributed by atoms with E-state index in [0.717, 1.165) is 22.6 Å². The van der Waals surface area contributed by atoms with Gasteiger partial charge in [0.1, 0.15) is 5.57 Å². The first-order valence-corrected chi connectivity index (χ1v) is 8.70. The third-order valence-electron chi connectivity index (χ3n) is 4.05. The van der Waals surface area contributed by atoms with Crippen molar-refractivity contribution in [2.24, 2.45) is 0 Å². The van der Waals surface area contributed by atoms with Gasteiger partial charge in [-0.05, 0) is 64.5 Å². The average Bonchev–Trinajstić information content (AvgIpc) is 2.87. The van der Waals surface area contributed by atoms with Crippen LogP contribution in [-0.2, 0) is 19.1 Å². The highest BCUT2D eigenvalue weighted by Gasteiger charge is 2.22. The van der Waals surface area contributed by atoms with Crippen molar-refractivity contribution in [1.29, 1.82) is 0 Å². The minimum absolute atomic E-state index is 0.0992. The van der Waals surface area contributed by atoms with E-state index in [1.807, 2.05) is 51.1 Å². The fourth-order valence-electron chi connectivity index (χ4n) is 2.80. The second kappa shape index (κ2) is 8.52. The Morgan fingerprint density at radius 3 is 2.00 bits per heavy atom. The molecule has 5 heteroatoms. The van der Waals surface area contributed by atoms with Gasteiger partial charge in [-0.25, -0.2) is 9.59 Å². The molecule has 0 atom stereocenters. The molecule has 0 amide bonds. The molecule has 0 aliphatic heterocycles. The summed E-state index contributed by atoms with van der Waals surface area (Å²) in [6.45, 7) is 9.76. The maximum Gasteiger partial charge on any atom is 0.345 e. The van der Waals surface area contributed by atoms with Crippen LogP contribution in [0.2, 0.25) is 0 Å². The van der Waals surface area contributed by atoms with Crippen LogP contribution in [0.25, 0.3) is 11.8 Å². The van der Waals surface area contributed by atoms with Crippen LogP contribution in [0.5, 0.6) is 0 Å². The summed E-state index contributed by atoms with van der Waals surface area (Å²) in [6.07, 6.45) is 1.54. The van der Waals surface area contributed by atoms with Crippen LogP contribution in [-0.4, -0.2) is 29.7 Å². The molecule has 0 saturated carbocycles. The van der Waals surface area contributed by atoms with E-state index in [-0.39, 0.29) is 18.8 Å². The van der Waals surface area contributed by atoms with Crippen LogP contribution in [0.15, 0.2) is 35.9 Å². The first-order chi connectivity index (χ1) is 12.4. The number of carbonyl (C=O) groups is 2. The molecule has 0 radical (unpaired) electrons. The lowest BCUT2D eigenvalue weighted by molar-refractivity contribution is -0.146. The van der Waals surface area contributed by atoms with Crippen molar-refractivity contribution in [2.75, 3.05) is 13.2 Å². The van der Waals surface area contributed by atoms with Crippen LogP contribution >= 0.6 is 0 Å². The van der Waals surface area contributed by atoms with Crippen LogP contribution in [0.3, 0.4) is 0 Å². The summed E-state index contributed by atoms with van der Waals surface area (Å²) in [7, 11) is 0. The average molecular weight is 355 g/mol. The molecular weight excluding hydrogens is 330 g/mol. The molecule has 0 unspecified atom stereocenters. The summed E-state index contributed by atoms with van der Waals surface area (Å²) in [5.41, 5.74) is 4.82. The molecule has 1 heterocycles. The fraction of sp³-hybridized carbons (Fsp3) is 0.333. The summed E-state index contributed by atoms with van der Waals surface area (Å²) in [5.74, 6) is -1.35. The Morgan fingerprint density at radius 1 is 0.962 bits per heavy atom. The van der Waals surface area contributed by atoms with Gasteiger partial charge in [0.25, 0.3) is 0 Å². The van der Waals surface area contributed by atoms with Gasteiger partial charge in [-0.1, -0.05) is 17.7 Å². The maximum absolute atomic E-state index is 12.2. The van der Waals surface area contributed by atoms with Gasteiger partial charge >= 0.3 is 11.9 Å². The van der Waals surface area contributed by atoms with E-state index in [0.29, 0.717) is 0 Å². The molecule has 0 aliphatic rings. The van der Waals surface area contributed by atoms with E-state index in [1.165, 1.54) is 5.56 Å². The Hall–Kier alpha value is -2.82. The number of benzene rings is 1. The molecule has 0 bridgehead atoms. The van der Waals surface area contributed by atoms with Crippen molar-refractivity contribution < 1.29 is 19.1 Å². The topological polar surface area (TPSA) is 57.5 Å². The number of carbonyl (C=O) groups excluding carboxylic acids is 2. The van der Waals surface area contributed by atoms with E-state index < -0.39 is 11.9 Å². The number of aromatic nitrogens is 1. The molecule has 2 aromatic rings. The quantitative estimate of drug-likeness (QED) is 0.341. The van der Waals surface area contributed by atoms with E-state index in [9.17, 15) is 9.59 Å². The Morgan fingerprint density at radius 2 is 1.50 bits per heavy atom. The number of nitrogens with zero attached hydrogens (tertiary/aromatic N) is 1. The molecule has 0 saturated heterocycles. The zero-order valence-electron chi connectivity index (χ0n) is 16.0. The zero-order valence-corrected chi connectivity index (χ0v) is 16.0. The molecule has 26 heavy (non-hydrogen) atoms. The van der Waals surface area contributed by atoms with Crippen molar-refractivity contribution >= 4 is 18.0 Å². The Bertz CT molecular complexity index is 808. The van der Waals surface area contributed by atoms with Gasteiger partial charge in [0.2, 0.25) is 0 Å². The third kappa shape index (κ3) is 4.23. The maximum atomic E-state index is 12.2. The standard InChI is InChI=1S/C21H25NO4/c1-6-25-20(23)19(21(24)26-7-2)13-17-12-15(4)22(16(17)5)18-10-8-14(3)9-11-18/h8-13H,6-7H2,1-5H3. The van der Waals surface area contributed by atoms with Crippen molar-refractivity contribution in [3.05, 3.63) is 58.4 Å².